The van der Waals surface area contributed by atoms with Gasteiger partial charge in [-0.05, 0) is 18.4 Å². The highest BCUT2D eigenvalue weighted by atomic mass is 127. The normalized spacial score (nSPS) is 16.5. The molecule has 3 aromatic rings. The lowest BCUT2D eigenvalue weighted by molar-refractivity contribution is 0.0177. The standard InChI is InChI=1S/C19H26N6OS2.HI/c1-2-20-18(21-12-15-14-25-7-11-28-19(25)23-15)22-13-16(17-4-3-10-27-17)24-5-8-26-9-6-24;/h3-4,7,10-11,14,16H,2,5-6,8-9,12-13H2,1H3,(H2,20,21,22);1H. The Labute approximate surface area is 196 Å². The summed E-state index contributed by atoms with van der Waals surface area (Å²) in [6, 6.07) is 4.66. The molecule has 0 amide bonds. The third kappa shape index (κ3) is 5.91. The fourth-order valence-electron chi connectivity index (χ4n) is 3.33. The van der Waals surface area contributed by atoms with E-state index in [4.69, 9.17) is 9.73 Å². The second-order valence-corrected chi connectivity index (χ2v) is 8.43. The molecule has 0 aliphatic carbocycles. The van der Waals surface area contributed by atoms with Crippen molar-refractivity contribution >= 4 is 57.6 Å². The minimum absolute atomic E-state index is 0. The molecule has 1 aliphatic rings. The molecule has 1 unspecified atom stereocenters. The van der Waals surface area contributed by atoms with Crippen LogP contribution in [0.25, 0.3) is 4.96 Å². The van der Waals surface area contributed by atoms with E-state index in [1.54, 1.807) is 11.3 Å². The summed E-state index contributed by atoms with van der Waals surface area (Å²) in [6.45, 7) is 7.80. The molecule has 4 rings (SSSR count). The Balaban J connectivity index is 0.00000240. The van der Waals surface area contributed by atoms with Gasteiger partial charge in [-0.15, -0.1) is 46.7 Å². The molecule has 3 aromatic heterocycles. The van der Waals surface area contributed by atoms with Crippen LogP contribution in [-0.2, 0) is 11.3 Å². The van der Waals surface area contributed by atoms with Crippen molar-refractivity contribution in [1.29, 1.82) is 0 Å². The highest BCUT2D eigenvalue weighted by molar-refractivity contribution is 14.0. The summed E-state index contributed by atoms with van der Waals surface area (Å²) in [6.07, 6.45) is 4.07. The van der Waals surface area contributed by atoms with Gasteiger partial charge in [-0.2, -0.15) is 0 Å². The molecule has 1 saturated heterocycles. The second kappa shape index (κ2) is 11.3. The number of aromatic nitrogens is 2. The largest absolute Gasteiger partial charge is 0.379 e. The number of fused-ring (bicyclic) bond motifs is 1. The molecule has 7 nitrogen and oxygen atoms in total. The van der Waals surface area contributed by atoms with Crippen molar-refractivity contribution in [3.05, 3.63) is 45.9 Å². The first-order valence-electron chi connectivity index (χ1n) is 9.62. The number of halogens is 1. The number of ether oxygens (including phenoxy) is 1. The maximum Gasteiger partial charge on any atom is 0.193 e. The van der Waals surface area contributed by atoms with Gasteiger partial charge in [0.1, 0.15) is 0 Å². The van der Waals surface area contributed by atoms with Crippen molar-refractivity contribution in [3.63, 3.8) is 0 Å². The molecule has 2 N–H and O–H groups in total. The third-order valence-electron chi connectivity index (χ3n) is 4.71. The molecule has 158 valence electrons. The molecular weight excluding hydrogens is 519 g/mol. The van der Waals surface area contributed by atoms with Gasteiger partial charge in [-0.25, -0.2) is 9.98 Å². The summed E-state index contributed by atoms with van der Waals surface area (Å²) >= 11 is 3.45. The van der Waals surface area contributed by atoms with Crippen LogP contribution in [0, 0.1) is 0 Å². The predicted octanol–water partition coefficient (Wildman–Crippen LogP) is 3.20. The van der Waals surface area contributed by atoms with Crippen molar-refractivity contribution in [2.45, 2.75) is 19.5 Å². The zero-order valence-corrected chi connectivity index (χ0v) is 20.4. The van der Waals surface area contributed by atoms with E-state index in [-0.39, 0.29) is 24.0 Å². The number of thiazole rings is 1. The first kappa shape index (κ1) is 22.5. The van der Waals surface area contributed by atoms with Gasteiger partial charge in [-0.3, -0.25) is 9.30 Å². The maximum atomic E-state index is 5.53. The highest BCUT2D eigenvalue weighted by Crippen LogP contribution is 2.25. The number of rotatable bonds is 7. The van der Waals surface area contributed by atoms with Crippen molar-refractivity contribution in [2.24, 2.45) is 4.99 Å². The van der Waals surface area contributed by atoms with Crippen molar-refractivity contribution in [2.75, 3.05) is 39.4 Å². The first-order valence-corrected chi connectivity index (χ1v) is 11.4. The molecule has 1 atom stereocenters. The van der Waals surface area contributed by atoms with Gasteiger partial charge in [-0.1, -0.05) is 6.07 Å². The van der Waals surface area contributed by atoms with Crippen LogP contribution < -0.4 is 10.6 Å². The Hall–Kier alpha value is -1.21. The molecule has 1 fully saturated rings. The number of aliphatic imine (C=N–C) groups is 1. The molecule has 29 heavy (non-hydrogen) atoms. The monoisotopic (exact) mass is 546 g/mol. The highest BCUT2D eigenvalue weighted by Gasteiger charge is 2.23. The fraction of sp³-hybridized carbons (Fsp3) is 0.474. The van der Waals surface area contributed by atoms with Crippen molar-refractivity contribution < 1.29 is 4.74 Å². The minimum Gasteiger partial charge on any atom is -0.379 e. The molecule has 10 heteroatoms. The number of hydrogen-bond acceptors (Lipinski definition) is 6. The van der Waals surface area contributed by atoms with Crippen molar-refractivity contribution in [3.8, 4) is 0 Å². The van der Waals surface area contributed by atoms with Gasteiger partial charge in [0.05, 0.1) is 31.5 Å². The molecule has 0 spiro atoms. The van der Waals surface area contributed by atoms with E-state index in [2.05, 4.69) is 45.0 Å². The first-order chi connectivity index (χ1) is 13.8. The van der Waals surface area contributed by atoms with Gasteiger partial charge >= 0.3 is 0 Å². The van der Waals surface area contributed by atoms with E-state index >= 15 is 0 Å². The summed E-state index contributed by atoms with van der Waals surface area (Å²) in [5.74, 6) is 0.827. The number of imidazole rings is 1. The molecule has 0 bridgehead atoms. The topological polar surface area (TPSA) is 66.2 Å². The van der Waals surface area contributed by atoms with E-state index in [1.165, 1.54) is 4.88 Å². The van der Waals surface area contributed by atoms with E-state index < -0.39 is 0 Å². The van der Waals surface area contributed by atoms with Crippen LogP contribution in [0.1, 0.15) is 23.5 Å². The Kier molecular flexibility index (Phi) is 8.72. The molecule has 0 saturated carbocycles. The SMILES string of the molecule is CCNC(=NCc1cn2ccsc2n1)NCC(c1cccs1)N1CCOCC1.I. The van der Waals surface area contributed by atoms with Gasteiger partial charge in [0.2, 0.25) is 0 Å². The zero-order valence-electron chi connectivity index (χ0n) is 16.4. The van der Waals surface area contributed by atoms with Crippen LogP contribution in [0.2, 0.25) is 0 Å². The van der Waals surface area contributed by atoms with Gasteiger partial charge in [0.25, 0.3) is 0 Å². The summed E-state index contributed by atoms with van der Waals surface area (Å²) in [4.78, 5) is 14.2. The molecule has 4 heterocycles. The summed E-state index contributed by atoms with van der Waals surface area (Å²) in [7, 11) is 0. The number of nitrogens with zero attached hydrogens (tertiary/aromatic N) is 4. The third-order valence-corrected chi connectivity index (χ3v) is 6.45. The predicted molar refractivity (Wildman–Crippen MR) is 131 cm³/mol. The maximum absolute atomic E-state index is 5.53. The van der Waals surface area contributed by atoms with E-state index in [9.17, 15) is 0 Å². The number of morpholine rings is 1. The Morgan fingerprint density at radius 2 is 2.14 bits per heavy atom. The Morgan fingerprint density at radius 3 is 2.86 bits per heavy atom. The van der Waals surface area contributed by atoms with Crippen LogP contribution in [0.4, 0.5) is 0 Å². The van der Waals surface area contributed by atoms with Gasteiger partial charge in [0.15, 0.2) is 10.9 Å². The van der Waals surface area contributed by atoms with Crippen LogP contribution in [0.3, 0.4) is 0 Å². The second-order valence-electron chi connectivity index (χ2n) is 6.58. The zero-order chi connectivity index (χ0) is 19.2. The van der Waals surface area contributed by atoms with E-state index in [1.807, 2.05) is 33.5 Å². The average molecular weight is 547 g/mol. The summed E-state index contributed by atoms with van der Waals surface area (Å²) < 4.78 is 7.58. The Morgan fingerprint density at radius 1 is 1.28 bits per heavy atom. The lowest BCUT2D eigenvalue weighted by Gasteiger charge is -2.34. The quantitative estimate of drug-likeness (QED) is 0.271. The molecular formula is C19H27IN6OS2. The summed E-state index contributed by atoms with van der Waals surface area (Å²) in [5, 5.41) is 11.1. The van der Waals surface area contributed by atoms with Crippen molar-refractivity contribution in [1.82, 2.24) is 24.9 Å². The van der Waals surface area contributed by atoms with Gasteiger partial charge < -0.3 is 15.4 Å². The summed E-state index contributed by atoms with van der Waals surface area (Å²) in [5.41, 5.74) is 0.979. The smallest absolute Gasteiger partial charge is 0.193 e. The van der Waals surface area contributed by atoms with Crippen LogP contribution in [0.15, 0.2) is 40.3 Å². The fourth-order valence-corrected chi connectivity index (χ4v) is 4.91. The molecule has 0 aromatic carbocycles. The average Bonchev–Trinajstić information content (AvgIpc) is 3.45. The van der Waals surface area contributed by atoms with E-state index in [0.29, 0.717) is 12.6 Å². The molecule has 1 aliphatic heterocycles. The molecule has 0 radical (unpaired) electrons. The number of guanidine groups is 1. The number of nitrogens with one attached hydrogen (secondary N) is 2. The van der Waals surface area contributed by atoms with Crippen LogP contribution in [0.5, 0.6) is 0 Å². The van der Waals surface area contributed by atoms with Crippen LogP contribution in [-0.4, -0.2) is 59.6 Å². The van der Waals surface area contributed by atoms with E-state index in [0.717, 1.165) is 56.0 Å². The Bertz CT molecular complexity index is 859. The minimum atomic E-state index is 0. The lowest BCUT2D eigenvalue weighted by atomic mass is 10.2. The number of thiophene rings is 1. The lowest BCUT2D eigenvalue weighted by Crippen LogP contribution is -2.46. The number of hydrogen-bond donors (Lipinski definition) is 2. The van der Waals surface area contributed by atoms with Gasteiger partial charge in [0, 0.05) is 48.8 Å². The van der Waals surface area contributed by atoms with Crippen LogP contribution >= 0.6 is 46.7 Å².